The van der Waals surface area contributed by atoms with Gasteiger partial charge in [-0.05, 0) is 19.3 Å². The van der Waals surface area contributed by atoms with Crippen LogP contribution in [0.4, 0.5) is 0 Å². The predicted molar refractivity (Wildman–Crippen MR) is 45.5 cm³/mol. The first-order valence-electron chi connectivity index (χ1n) is 4.43. The van der Waals surface area contributed by atoms with Gasteiger partial charge >= 0.3 is 0 Å². The van der Waals surface area contributed by atoms with Crippen molar-refractivity contribution in [3.63, 3.8) is 0 Å². The van der Waals surface area contributed by atoms with Crippen LogP contribution in [0.15, 0.2) is 0 Å². The summed E-state index contributed by atoms with van der Waals surface area (Å²) >= 11 is 0. The molecule has 1 fully saturated rings. The van der Waals surface area contributed by atoms with Crippen LogP contribution in [0.1, 0.15) is 33.1 Å². The molecule has 0 bridgehead atoms. The van der Waals surface area contributed by atoms with Crippen molar-refractivity contribution in [3.05, 3.63) is 0 Å². The van der Waals surface area contributed by atoms with Gasteiger partial charge in [-0.1, -0.05) is 13.8 Å². The Hall–Kier alpha value is -0.370. The maximum atomic E-state index is 10.4. The van der Waals surface area contributed by atoms with Gasteiger partial charge in [0.05, 0.1) is 0 Å². The Bertz CT molecular complexity index is 134. The van der Waals surface area contributed by atoms with Gasteiger partial charge < -0.3 is 10.1 Å². The van der Waals surface area contributed by atoms with Crippen LogP contribution in [0.3, 0.4) is 0 Å². The SMILES string of the molecule is CC(C)N[C@@H]1CC[C@@H](C=O)C1. The van der Waals surface area contributed by atoms with Crippen LogP contribution >= 0.6 is 0 Å². The normalized spacial score (nSPS) is 31.2. The van der Waals surface area contributed by atoms with E-state index < -0.39 is 0 Å². The van der Waals surface area contributed by atoms with Crippen molar-refractivity contribution < 1.29 is 4.79 Å². The number of carbonyl (C=O) groups is 1. The van der Waals surface area contributed by atoms with Gasteiger partial charge in [-0.15, -0.1) is 0 Å². The largest absolute Gasteiger partial charge is 0.312 e. The number of hydrogen-bond acceptors (Lipinski definition) is 2. The van der Waals surface area contributed by atoms with Gasteiger partial charge in [0.25, 0.3) is 0 Å². The number of carbonyl (C=O) groups excluding carboxylic acids is 1. The van der Waals surface area contributed by atoms with Gasteiger partial charge in [0, 0.05) is 18.0 Å². The third-order valence-corrected chi connectivity index (χ3v) is 2.23. The quantitative estimate of drug-likeness (QED) is 0.623. The van der Waals surface area contributed by atoms with Gasteiger partial charge in [-0.2, -0.15) is 0 Å². The zero-order chi connectivity index (χ0) is 8.27. The maximum Gasteiger partial charge on any atom is 0.123 e. The molecule has 0 aromatic heterocycles. The van der Waals surface area contributed by atoms with Crippen molar-refractivity contribution in [3.8, 4) is 0 Å². The Morgan fingerprint density at radius 3 is 2.64 bits per heavy atom. The molecule has 1 aliphatic rings. The smallest absolute Gasteiger partial charge is 0.123 e. The lowest BCUT2D eigenvalue weighted by molar-refractivity contribution is -0.110. The molecule has 1 aliphatic carbocycles. The second-order valence-electron chi connectivity index (χ2n) is 3.73. The van der Waals surface area contributed by atoms with Crippen LogP contribution in [0.2, 0.25) is 0 Å². The fourth-order valence-corrected chi connectivity index (χ4v) is 1.76. The molecule has 0 saturated heterocycles. The molecule has 2 nitrogen and oxygen atoms in total. The zero-order valence-electron chi connectivity index (χ0n) is 7.34. The van der Waals surface area contributed by atoms with Crippen molar-refractivity contribution in [1.82, 2.24) is 5.32 Å². The Labute approximate surface area is 68.4 Å². The van der Waals surface area contributed by atoms with Crippen LogP contribution in [-0.4, -0.2) is 18.4 Å². The van der Waals surface area contributed by atoms with E-state index in [1.54, 1.807) is 0 Å². The lowest BCUT2D eigenvalue weighted by Crippen LogP contribution is -2.32. The third kappa shape index (κ3) is 2.62. The minimum Gasteiger partial charge on any atom is -0.312 e. The molecule has 11 heavy (non-hydrogen) atoms. The summed E-state index contributed by atoms with van der Waals surface area (Å²) in [7, 11) is 0. The molecule has 64 valence electrons. The molecular formula is C9H17NO. The van der Waals surface area contributed by atoms with Gasteiger partial charge in [0.1, 0.15) is 6.29 Å². The minimum atomic E-state index is 0.325. The first kappa shape index (κ1) is 8.72. The molecule has 0 radical (unpaired) electrons. The Kier molecular flexibility index (Phi) is 3.06. The van der Waals surface area contributed by atoms with E-state index in [1.165, 1.54) is 6.42 Å². The van der Waals surface area contributed by atoms with Crippen molar-refractivity contribution in [1.29, 1.82) is 0 Å². The molecule has 1 saturated carbocycles. The first-order chi connectivity index (χ1) is 5.22. The highest BCUT2D eigenvalue weighted by molar-refractivity contribution is 5.54. The van der Waals surface area contributed by atoms with Crippen LogP contribution < -0.4 is 5.32 Å². The number of rotatable bonds is 3. The molecule has 0 amide bonds. The van der Waals surface area contributed by atoms with E-state index in [2.05, 4.69) is 19.2 Å². The summed E-state index contributed by atoms with van der Waals surface area (Å²) in [5.74, 6) is 0.325. The highest BCUT2D eigenvalue weighted by Crippen LogP contribution is 2.23. The molecule has 1 rings (SSSR count). The molecule has 2 atom stereocenters. The van der Waals surface area contributed by atoms with Crippen molar-refractivity contribution in [2.24, 2.45) is 5.92 Å². The van der Waals surface area contributed by atoms with E-state index in [0.29, 0.717) is 18.0 Å². The second-order valence-corrected chi connectivity index (χ2v) is 3.73. The molecule has 0 aromatic rings. The van der Waals surface area contributed by atoms with Crippen LogP contribution in [0.25, 0.3) is 0 Å². The Morgan fingerprint density at radius 2 is 2.18 bits per heavy atom. The van der Waals surface area contributed by atoms with Crippen LogP contribution in [0.5, 0.6) is 0 Å². The van der Waals surface area contributed by atoms with Crippen LogP contribution in [0, 0.1) is 5.92 Å². The summed E-state index contributed by atoms with van der Waals surface area (Å²) < 4.78 is 0. The van der Waals surface area contributed by atoms with Gasteiger partial charge in [0.2, 0.25) is 0 Å². The number of aldehydes is 1. The predicted octanol–water partition coefficient (Wildman–Crippen LogP) is 1.35. The van der Waals surface area contributed by atoms with E-state index in [0.717, 1.165) is 19.1 Å². The standard InChI is InChI=1S/C9H17NO/c1-7(2)10-9-4-3-8(5-9)6-11/h6-10H,3-5H2,1-2H3/t8-,9-/m1/s1. The third-order valence-electron chi connectivity index (χ3n) is 2.23. The minimum absolute atomic E-state index is 0.325. The maximum absolute atomic E-state index is 10.4. The van der Waals surface area contributed by atoms with E-state index in [-0.39, 0.29) is 0 Å². The van der Waals surface area contributed by atoms with Gasteiger partial charge in [0.15, 0.2) is 0 Å². The van der Waals surface area contributed by atoms with Crippen molar-refractivity contribution >= 4 is 6.29 Å². The molecule has 0 aromatic carbocycles. The summed E-state index contributed by atoms with van der Waals surface area (Å²) in [6, 6.07) is 1.13. The lowest BCUT2D eigenvalue weighted by atomic mass is 10.1. The average Bonchev–Trinajstić information content (AvgIpc) is 2.34. The van der Waals surface area contributed by atoms with Gasteiger partial charge in [-0.25, -0.2) is 0 Å². The molecule has 0 aliphatic heterocycles. The molecular weight excluding hydrogens is 138 g/mol. The molecule has 0 heterocycles. The van der Waals surface area contributed by atoms with E-state index >= 15 is 0 Å². The van der Waals surface area contributed by atoms with E-state index in [4.69, 9.17) is 0 Å². The zero-order valence-corrected chi connectivity index (χ0v) is 7.34. The van der Waals surface area contributed by atoms with E-state index in [1.807, 2.05) is 0 Å². The summed E-state index contributed by atoms with van der Waals surface area (Å²) in [5, 5.41) is 3.45. The molecule has 1 N–H and O–H groups in total. The molecule has 0 unspecified atom stereocenters. The number of nitrogens with one attached hydrogen (secondary N) is 1. The summed E-state index contributed by atoms with van der Waals surface area (Å²) in [6.45, 7) is 4.29. The monoisotopic (exact) mass is 155 g/mol. The van der Waals surface area contributed by atoms with Crippen molar-refractivity contribution in [2.45, 2.75) is 45.2 Å². The molecule has 2 heteroatoms. The Morgan fingerprint density at radius 1 is 1.45 bits per heavy atom. The highest BCUT2D eigenvalue weighted by Gasteiger charge is 2.23. The fourth-order valence-electron chi connectivity index (χ4n) is 1.76. The summed E-state index contributed by atoms with van der Waals surface area (Å²) in [5.41, 5.74) is 0. The second kappa shape index (κ2) is 3.86. The number of hydrogen-bond donors (Lipinski definition) is 1. The Balaban J connectivity index is 2.24. The average molecular weight is 155 g/mol. The molecule has 0 spiro atoms. The summed E-state index contributed by atoms with van der Waals surface area (Å²) in [6.07, 6.45) is 4.39. The lowest BCUT2D eigenvalue weighted by Gasteiger charge is -2.14. The topological polar surface area (TPSA) is 29.1 Å². The first-order valence-corrected chi connectivity index (χ1v) is 4.43. The fraction of sp³-hybridized carbons (Fsp3) is 0.889. The van der Waals surface area contributed by atoms with Crippen LogP contribution in [-0.2, 0) is 4.79 Å². The highest BCUT2D eigenvalue weighted by atomic mass is 16.1. The van der Waals surface area contributed by atoms with Crippen molar-refractivity contribution in [2.75, 3.05) is 0 Å². The summed E-state index contributed by atoms with van der Waals surface area (Å²) in [4.78, 5) is 10.4. The van der Waals surface area contributed by atoms with Gasteiger partial charge in [-0.3, -0.25) is 0 Å². The van der Waals surface area contributed by atoms with E-state index in [9.17, 15) is 4.79 Å².